The molecule has 0 aliphatic rings. The molecule has 0 N–H and O–H groups in total. The van der Waals surface area contributed by atoms with Crippen LogP contribution in [0, 0.1) is 41.1 Å². The van der Waals surface area contributed by atoms with Crippen molar-refractivity contribution in [1.82, 2.24) is 0 Å². The normalized spacial score (nSPS) is 10.2. The van der Waals surface area contributed by atoms with Crippen molar-refractivity contribution < 1.29 is 17.9 Å². The molecule has 0 fully saturated rings. The molecular formula is C29H19F3O. The minimum absolute atomic E-state index is 0.208. The number of hydrogen-bond acceptors (Lipinski definition) is 1. The molecule has 0 aliphatic carbocycles. The van der Waals surface area contributed by atoms with Crippen LogP contribution in [0.3, 0.4) is 0 Å². The topological polar surface area (TPSA) is 9.23 Å². The zero-order valence-corrected chi connectivity index (χ0v) is 17.9. The molecule has 0 aliphatic heterocycles. The summed E-state index contributed by atoms with van der Waals surface area (Å²) in [6, 6.07) is 18.8. The average Bonchev–Trinajstić information content (AvgIpc) is 2.81. The lowest BCUT2D eigenvalue weighted by Gasteiger charge is -2.04. The molecule has 162 valence electrons. The minimum Gasteiger partial charge on any atom is -0.494 e. The zero-order valence-electron chi connectivity index (χ0n) is 17.9. The van der Waals surface area contributed by atoms with E-state index >= 15 is 0 Å². The van der Waals surface area contributed by atoms with E-state index in [1.165, 1.54) is 24.3 Å². The van der Waals surface area contributed by atoms with E-state index in [0.29, 0.717) is 23.5 Å². The lowest BCUT2D eigenvalue weighted by Crippen LogP contribution is -1.96. The van der Waals surface area contributed by atoms with Crippen molar-refractivity contribution in [2.24, 2.45) is 0 Å². The van der Waals surface area contributed by atoms with E-state index in [2.05, 4.69) is 23.7 Å². The van der Waals surface area contributed by atoms with Crippen LogP contribution in [0.1, 0.15) is 35.6 Å². The van der Waals surface area contributed by atoms with E-state index in [9.17, 15) is 13.2 Å². The summed E-state index contributed by atoms with van der Waals surface area (Å²) >= 11 is 0. The Kier molecular flexibility index (Phi) is 6.67. The third-order valence-corrected chi connectivity index (χ3v) is 4.87. The summed E-state index contributed by atoms with van der Waals surface area (Å²) in [7, 11) is 0. The van der Waals surface area contributed by atoms with Crippen LogP contribution in [-0.2, 0) is 0 Å². The first-order chi connectivity index (χ1) is 16.0. The molecule has 0 heterocycles. The Morgan fingerprint density at radius 3 is 1.94 bits per heavy atom. The van der Waals surface area contributed by atoms with Crippen molar-refractivity contribution in [2.45, 2.75) is 13.3 Å². The van der Waals surface area contributed by atoms with Gasteiger partial charge in [-0.25, -0.2) is 13.2 Å². The minimum atomic E-state index is -0.513. The molecule has 4 aromatic carbocycles. The molecule has 0 atom stereocenters. The number of benzene rings is 4. The maximum absolute atomic E-state index is 14.5. The van der Waals surface area contributed by atoms with Crippen LogP contribution in [0.4, 0.5) is 13.2 Å². The summed E-state index contributed by atoms with van der Waals surface area (Å²) in [6.07, 6.45) is 0.832. The molecule has 0 amide bonds. The summed E-state index contributed by atoms with van der Waals surface area (Å²) in [6.45, 7) is 2.48. The van der Waals surface area contributed by atoms with E-state index in [-0.39, 0.29) is 16.9 Å². The van der Waals surface area contributed by atoms with Crippen molar-refractivity contribution >= 4 is 10.8 Å². The third kappa shape index (κ3) is 5.56. The Morgan fingerprint density at radius 1 is 0.636 bits per heavy atom. The van der Waals surface area contributed by atoms with Gasteiger partial charge >= 0.3 is 0 Å². The third-order valence-electron chi connectivity index (χ3n) is 4.87. The fourth-order valence-corrected chi connectivity index (χ4v) is 3.17. The maximum atomic E-state index is 14.5. The molecule has 33 heavy (non-hydrogen) atoms. The van der Waals surface area contributed by atoms with Gasteiger partial charge < -0.3 is 4.74 Å². The highest BCUT2D eigenvalue weighted by molar-refractivity contribution is 5.84. The summed E-state index contributed by atoms with van der Waals surface area (Å²) in [4.78, 5) is 0. The van der Waals surface area contributed by atoms with Crippen molar-refractivity contribution in [3.63, 3.8) is 0 Å². The quantitative estimate of drug-likeness (QED) is 0.317. The predicted molar refractivity (Wildman–Crippen MR) is 124 cm³/mol. The molecule has 1 nitrogen and oxygen atoms in total. The van der Waals surface area contributed by atoms with Crippen molar-refractivity contribution in [3.05, 3.63) is 113 Å². The Balaban J connectivity index is 1.52. The Labute approximate surface area is 190 Å². The van der Waals surface area contributed by atoms with Gasteiger partial charge in [0, 0.05) is 17.2 Å². The van der Waals surface area contributed by atoms with Crippen LogP contribution >= 0.6 is 0 Å². The highest BCUT2D eigenvalue weighted by atomic mass is 19.1. The Hall–Kier alpha value is -4.15. The molecule has 0 bridgehead atoms. The van der Waals surface area contributed by atoms with Crippen molar-refractivity contribution in [2.75, 3.05) is 6.61 Å². The highest BCUT2D eigenvalue weighted by Gasteiger charge is 2.03. The highest BCUT2D eigenvalue weighted by Crippen LogP contribution is 2.18. The van der Waals surface area contributed by atoms with E-state index < -0.39 is 11.6 Å². The van der Waals surface area contributed by atoms with Crippen LogP contribution in [0.5, 0.6) is 5.75 Å². The number of ether oxygens (including phenoxy) is 1. The van der Waals surface area contributed by atoms with E-state index in [1.807, 2.05) is 13.0 Å². The van der Waals surface area contributed by atoms with E-state index in [1.54, 1.807) is 42.5 Å². The molecule has 0 saturated carbocycles. The lowest BCUT2D eigenvalue weighted by atomic mass is 10.1. The van der Waals surface area contributed by atoms with Gasteiger partial charge in [0.05, 0.1) is 17.7 Å². The average molecular weight is 440 g/mol. The largest absolute Gasteiger partial charge is 0.494 e. The van der Waals surface area contributed by atoms with Crippen molar-refractivity contribution in [3.8, 4) is 29.4 Å². The second-order valence-corrected chi connectivity index (χ2v) is 7.39. The molecule has 0 aromatic heterocycles. The standard InChI is InChI=1S/C29H19F3O/c1-2-15-33-27-14-12-23(29(32)19-27)9-5-21-4-8-22(28(31)17-21)7-3-20-6-10-25-18-26(30)13-11-24(25)16-20/h4,6,8,10-14,16-19H,2,15H2,1H3. The van der Waals surface area contributed by atoms with Gasteiger partial charge in [-0.1, -0.05) is 42.7 Å². The van der Waals surface area contributed by atoms with Crippen LogP contribution in [-0.4, -0.2) is 6.61 Å². The van der Waals surface area contributed by atoms with Gasteiger partial charge in [-0.15, -0.1) is 0 Å². The predicted octanol–water partition coefficient (Wildman–Crippen LogP) is 6.85. The van der Waals surface area contributed by atoms with Gasteiger partial charge in [-0.3, -0.25) is 0 Å². The Bertz CT molecular complexity index is 1450. The van der Waals surface area contributed by atoms with Crippen LogP contribution in [0.25, 0.3) is 10.8 Å². The molecule has 4 heteroatoms. The number of hydrogen-bond donors (Lipinski definition) is 0. The van der Waals surface area contributed by atoms with Gasteiger partial charge in [0.1, 0.15) is 23.2 Å². The first-order valence-electron chi connectivity index (χ1n) is 10.5. The van der Waals surface area contributed by atoms with Gasteiger partial charge in [0.25, 0.3) is 0 Å². The van der Waals surface area contributed by atoms with Gasteiger partial charge in [0.15, 0.2) is 0 Å². The molecule has 4 aromatic rings. The molecular weight excluding hydrogens is 421 g/mol. The first kappa shape index (κ1) is 22.1. The summed E-state index contributed by atoms with van der Waals surface area (Å²) in [5.41, 5.74) is 1.54. The smallest absolute Gasteiger partial charge is 0.142 e. The number of rotatable bonds is 3. The monoisotopic (exact) mass is 440 g/mol. The molecule has 0 radical (unpaired) electrons. The molecule has 0 spiro atoms. The summed E-state index contributed by atoms with van der Waals surface area (Å²) < 4.78 is 47.4. The lowest BCUT2D eigenvalue weighted by molar-refractivity contribution is 0.315. The van der Waals surface area contributed by atoms with E-state index in [0.717, 1.165) is 17.2 Å². The van der Waals surface area contributed by atoms with Crippen LogP contribution in [0.15, 0.2) is 72.8 Å². The van der Waals surface area contributed by atoms with Crippen LogP contribution in [0.2, 0.25) is 0 Å². The summed E-state index contributed by atoms with van der Waals surface area (Å²) in [5.74, 6) is 10.4. The number of fused-ring (bicyclic) bond motifs is 1. The van der Waals surface area contributed by atoms with Crippen LogP contribution < -0.4 is 4.74 Å². The van der Waals surface area contributed by atoms with Gasteiger partial charge in [-0.2, -0.15) is 0 Å². The fourth-order valence-electron chi connectivity index (χ4n) is 3.17. The first-order valence-corrected chi connectivity index (χ1v) is 10.5. The SMILES string of the molecule is CCCOc1ccc(C#Cc2ccc(C#Cc3ccc4cc(F)ccc4c3)c(F)c2)c(F)c1. The number of halogens is 3. The van der Waals surface area contributed by atoms with E-state index in [4.69, 9.17) is 4.74 Å². The van der Waals surface area contributed by atoms with Gasteiger partial charge in [0.2, 0.25) is 0 Å². The molecule has 0 unspecified atom stereocenters. The zero-order chi connectivity index (χ0) is 23.2. The maximum Gasteiger partial charge on any atom is 0.142 e. The van der Waals surface area contributed by atoms with Gasteiger partial charge in [-0.05, 0) is 71.8 Å². The fraction of sp³-hybridized carbons (Fsp3) is 0.103. The summed E-state index contributed by atoms with van der Waals surface area (Å²) in [5, 5.41) is 1.63. The molecule has 0 saturated heterocycles. The second kappa shape index (κ2) is 9.98. The van der Waals surface area contributed by atoms with Crippen molar-refractivity contribution in [1.29, 1.82) is 0 Å². The Morgan fingerprint density at radius 2 is 1.24 bits per heavy atom. The second-order valence-electron chi connectivity index (χ2n) is 7.39. The molecule has 4 rings (SSSR count).